The minimum Gasteiger partial charge on any atom is -0.180 e. The average molecular weight is 312 g/mol. The van der Waals surface area contributed by atoms with Crippen LogP contribution in [-0.4, -0.2) is 17.3 Å². The van der Waals surface area contributed by atoms with Crippen molar-refractivity contribution in [2.75, 3.05) is 12.0 Å². The molecule has 0 aliphatic carbocycles. The summed E-state index contributed by atoms with van der Waals surface area (Å²) < 4.78 is 0. The molecule has 0 radical (unpaired) electrons. The molecule has 0 bridgehead atoms. The van der Waals surface area contributed by atoms with Gasteiger partial charge in [0, 0.05) is 26.5 Å². The quantitative estimate of drug-likeness (QED) is 0.437. The summed E-state index contributed by atoms with van der Waals surface area (Å²) >= 11 is 2.33. The van der Waals surface area contributed by atoms with Crippen molar-refractivity contribution >= 4 is 57.9 Å². The van der Waals surface area contributed by atoms with Crippen LogP contribution in [0.3, 0.4) is 0 Å². The van der Waals surface area contributed by atoms with E-state index in [0.29, 0.717) is 0 Å². The maximum atomic E-state index is 2.43. The van der Waals surface area contributed by atoms with Gasteiger partial charge >= 0.3 is 0 Å². The monoisotopic (exact) mass is 312 g/mol. The highest BCUT2D eigenvalue weighted by Crippen LogP contribution is 2.79. The zero-order valence-electron chi connectivity index (χ0n) is 5.30. The van der Waals surface area contributed by atoms with Crippen LogP contribution in [0, 0.1) is 0 Å². The standard InChI is InChI=1S/C4H9IS4/c1-4-3-9(4,2)8-7-6-5/h4H,3H2,1-2H3. The number of hydrogen-bond acceptors (Lipinski definition) is 3. The van der Waals surface area contributed by atoms with E-state index in [4.69, 9.17) is 0 Å². The summed E-state index contributed by atoms with van der Waals surface area (Å²) in [6.45, 7) is 2.36. The Bertz CT molecular complexity index is 109. The Balaban J connectivity index is 2.13. The van der Waals surface area contributed by atoms with Gasteiger partial charge in [-0.1, -0.05) is 6.92 Å². The zero-order valence-corrected chi connectivity index (χ0v) is 10.7. The summed E-state index contributed by atoms with van der Waals surface area (Å²) in [5, 5.41) is 1.03. The van der Waals surface area contributed by atoms with Gasteiger partial charge in [-0.25, -0.2) is 0 Å². The summed E-state index contributed by atoms with van der Waals surface area (Å²) in [4.78, 5) is 0. The fourth-order valence-electron chi connectivity index (χ4n) is 0.596. The molecule has 0 spiro atoms. The first-order valence-corrected chi connectivity index (χ1v) is 11.4. The van der Waals surface area contributed by atoms with E-state index >= 15 is 0 Å². The van der Waals surface area contributed by atoms with Crippen LogP contribution in [0.5, 0.6) is 0 Å². The van der Waals surface area contributed by atoms with Crippen LogP contribution < -0.4 is 0 Å². The van der Waals surface area contributed by atoms with Gasteiger partial charge in [0.15, 0.2) is 0 Å². The van der Waals surface area contributed by atoms with Gasteiger partial charge in [0.1, 0.15) is 0 Å². The van der Waals surface area contributed by atoms with Crippen LogP contribution in [0.2, 0.25) is 0 Å². The molecule has 9 heavy (non-hydrogen) atoms. The van der Waals surface area contributed by atoms with Crippen LogP contribution in [0.1, 0.15) is 6.92 Å². The Labute approximate surface area is 81.2 Å². The van der Waals surface area contributed by atoms with Crippen molar-refractivity contribution in [3.05, 3.63) is 0 Å². The number of hydrogen-bond donors (Lipinski definition) is 0. The zero-order chi connectivity index (χ0) is 6.91. The molecule has 2 atom stereocenters. The lowest BCUT2D eigenvalue weighted by Gasteiger charge is -2.10. The summed E-state index contributed by atoms with van der Waals surface area (Å²) in [6.07, 6.45) is 2.43. The Morgan fingerprint density at radius 2 is 2.22 bits per heavy atom. The van der Waals surface area contributed by atoms with Crippen molar-refractivity contribution in [3.8, 4) is 0 Å². The van der Waals surface area contributed by atoms with Gasteiger partial charge in [-0.2, -0.15) is 9.06 Å². The first kappa shape index (κ1) is 9.22. The lowest BCUT2D eigenvalue weighted by Crippen LogP contribution is -1.68. The molecular weight excluding hydrogens is 303 g/mol. The van der Waals surface area contributed by atoms with Crippen molar-refractivity contribution in [2.24, 2.45) is 0 Å². The summed E-state index contributed by atoms with van der Waals surface area (Å²) in [5.41, 5.74) is 0. The van der Waals surface area contributed by atoms with Gasteiger partial charge in [0.2, 0.25) is 0 Å². The Morgan fingerprint density at radius 1 is 1.67 bits per heavy atom. The molecular formula is C4H9IS4. The Hall–Kier alpha value is 2.13. The van der Waals surface area contributed by atoms with E-state index in [9.17, 15) is 0 Å². The van der Waals surface area contributed by atoms with Crippen LogP contribution in [0.15, 0.2) is 0 Å². The molecule has 1 saturated heterocycles. The smallest absolute Gasteiger partial charge is 0.00947 e. The first-order valence-electron chi connectivity index (χ1n) is 2.57. The Morgan fingerprint density at radius 3 is 2.56 bits per heavy atom. The average Bonchev–Trinajstić information content (AvgIpc) is 2.38. The van der Waals surface area contributed by atoms with E-state index in [1.54, 1.807) is 0 Å². The van der Waals surface area contributed by atoms with Crippen LogP contribution in [-0.2, 0) is 0 Å². The maximum absolute atomic E-state index is 2.43. The molecule has 1 aliphatic rings. The molecule has 1 aliphatic heterocycles. The normalized spacial score (nSPS) is 48.1. The van der Waals surface area contributed by atoms with Crippen LogP contribution in [0.25, 0.3) is 0 Å². The molecule has 2 unspecified atom stereocenters. The molecule has 0 aromatic rings. The van der Waals surface area contributed by atoms with Gasteiger partial charge in [0.05, 0.1) is 0 Å². The topological polar surface area (TPSA) is 0 Å². The van der Waals surface area contributed by atoms with Crippen LogP contribution >= 0.6 is 57.9 Å². The highest BCUT2D eigenvalue weighted by atomic mass is 127. The first-order chi connectivity index (χ1) is 4.19. The van der Waals surface area contributed by atoms with Gasteiger partial charge in [-0.15, -0.1) is 0 Å². The summed E-state index contributed by atoms with van der Waals surface area (Å²) in [7, 11) is 5.73. The predicted octanol–water partition coefficient (Wildman–Crippen LogP) is 4.12. The third-order valence-corrected chi connectivity index (χ3v) is 16.4. The van der Waals surface area contributed by atoms with Crippen molar-refractivity contribution < 1.29 is 0 Å². The van der Waals surface area contributed by atoms with E-state index in [-0.39, 0.29) is 9.06 Å². The Kier molecular flexibility index (Phi) is 3.78. The predicted molar refractivity (Wildman–Crippen MR) is 64.6 cm³/mol. The molecule has 0 aromatic carbocycles. The molecule has 1 heterocycles. The third kappa shape index (κ3) is 2.57. The van der Waals surface area contributed by atoms with Gasteiger partial charge < -0.3 is 0 Å². The molecule has 0 amide bonds. The lowest BCUT2D eigenvalue weighted by molar-refractivity contribution is 1.25. The minimum atomic E-state index is -0.161. The van der Waals surface area contributed by atoms with E-state index in [2.05, 4.69) is 44.2 Å². The lowest BCUT2D eigenvalue weighted by atomic mass is 10.6. The van der Waals surface area contributed by atoms with E-state index < -0.39 is 0 Å². The molecule has 0 saturated carbocycles. The summed E-state index contributed by atoms with van der Waals surface area (Å²) in [6, 6.07) is 0. The molecule has 5 heteroatoms. The van der Waals surface area contributed by atoms with Crippen molar-refractivity contribution in [2.45, 2.75) is 12.2 Å². The van der Waals surface area contributed by atoms with Gasteiger partial charge in [-0.05, 0) is 39.6 Å². The number of rotatable bonds is 3. The minimum absolute atomic E-state index is 0.161. The highest BCUT2D eigenvalue weighted by molar-refractivity contribution is 14.2. The highest BCUT2D eigenvalue weighted by Gasteiger charge is 2.42. The second-order valence-electron chi connectivity index (χ2n) is 2.25. The molecule has 1 rings (SSSR count). The second-order valence-corrected chi connectivity index (χ2v) is 15.1. The van der Waals surface area contributed by atoms with E-state index in [1.807, 2.05) is 17.8 Å². The number of halogens is 1. The molecule has 0 N–H and O–H groups in total. The van der Waals surface area contributed by atoms with Crippen molar-refractivity contribution in [1.29, 1.82) is 0 Å². The van der Waals surface area contributed by atoms with Crippen molar-refractivity contribution in [1.82, 2.24) is 0 Å². The maximum Gasteiger partial charge on any atom is 0.00947 e. The molecule has 0 nitrogen and oxygen atoms in total. The SMILES string of the molecule is CC1CS1(C)SSSI. The fourth-order valence-corrected chi connectivity index (χ4v) is 16.2. The molecule has 0 aromatic heterocycles. The van der Waals surface area contributed by atoms with Gasteiger partial charge in [-0.3, -0.25) is 0 Å². The van der Waals surface area contributed by atoms with Crippen LogP contribution in [0.4, 0.5) is 0 Å². The van der Waals surface area contributed by atoms with E-state index in [0.717, 1.165) is 5.25 Å². The largest absolute Gasteiger partial charge is 0.180 e. The van der Waals surface area contributed by atoms with Gasteiger partial charge in [0.25, 0.3) is 0 Å². The molecule has 1 fully saturated rings. The van der Waals surface area contributed by atoms with Crippen molar-refractivity contribution in [3.63, 3.8) is 0 Å². The fraction of sp³-hybridized carbons (Fsp3) is 1.00. The third-order valence-electron chi connectivity index (χ3n) is 1.51. The summed E-state index contributed by atoms with van der Waals surface area (Å²) in [5.74, 6) is 1.49. The second kappa shape index (κ2) is 3.69. The van der Waals surface area contributed by atoms with E-state index in [1.165, 1.54) is 5.75 Å². The molecule has 56 valence electrons.